The Bertz CT molecular complexity index is 1560. The van der Waals surface area contributed by atoms with E-state index in [-0.39, 0.29) is 5.78 Å². The minimum absolute atomic E-state index is 0.0377. The lowest BCUT2D eigenvalue weighted by atomic mass is 10.0. The van der Waals surface area contributed by atoms with Crippen LogP contribution in [0.1, 0.15) is 15.9 Å². The zero-order valence-electron chi connectivity index (χ0n) is 19.0. The molecule has 170 valence electrons. The van der Waals surface area contributed by atoms with Crippen molar-refractivity contribution in [1.29, 1.82) is 0 Å². The lowest BCUT2D eigenvalue weighted by molar-refractivity contribution is 0.0992. The lowest BCUT2D eigenvalue weighted by Crippen LogP contribution is -2.04. The molecule has 0 unspecified atom stereocenters. The Kier molecular flexibility index (Phi) is 5.07. The molecule has 1 aliphatic rings. The van der Waals surface area contributed by atoms with Crippen molar-refractivity contribution >= 4 is 17.3 Å². The topological polar surface area (TPSA) is 81.9 Å². The third-order valence-electron chi connectivity index (χ3n) is 6.08. The van der Waals surface area contributed by atoms with E-state index in [4.69, 9.17) is 4.74 Å². The van der Waals surface area contributed by atoms with Gasteiger partial charge in [-0.25, -0.2) is 4.98 Å². The van der Waals surface area contributed by atoms with Gasteiger partial charge in [0.15, 0.2) is 23.2 Å². The van der Waals surface area contributed by atoms with Gasteiger partial charge >= 0.3 is 0 Å². The van der Waals surface area contributed by atoms with Gasteiger partial charge < -0.3 is 10.1 Å². The Hall–Kier alpha value is -4.78. The maximum absolute atomic E-state index is 12.8. The first-order valence-electron chi connectivity index (χ1n) is 11.2. The summed E-state index contributed by atoms with van der Waals surface area (Å²) in [6.07, 6.45) is 2.06. The van der Waals surface area contributed by atoms with Gasteiger partial charge in [0, 0.05) is 29.3 Å². The maximum atomic E-state index is 12.8. The molecule has 3 aromatic carbocycles. The molecule has 0 spiro atoms. The van der Waals surface area contributed by atoms with Crippen LogP contribution in [0.2, 0.25) is 0 Å². The highest BCUT2D eigenvalue weighted by Crippen LogP contribution is 2.38. The Morgan fingerprint density at radius 3 is 2.60 bits per heavy atom. The number of Topliss-reactive ketones (excluding diaryl/α,β-unsaturated/α-hetero) is 1. The van der Waals surface area contributed by atoms with Crippen LogP contribution in [-0.4, -0.2) is 32.6 Å². The molecule has 6 rings (SSSR count). The SMILES string of the molecule is COc1cccc(C(=O)Cc2ccc(-c3nnc4n3-c3cccnc3Nc3ccccc3-4)cc2)c1. The third kappa shape index (κ3) is 3.73. The molecular weight excluding hydrogens is 438 g/mol. The van der Waals surface area contributed by atoms with Crippen LogP contribution in [0.4, 0.5) is 11.5 Å². The molecule has 3 heterocycles. The molecule has 0 saturated heterocycles. The van der Waals surface area contributed by atoms with Crippen molar-refractivity contribution in [1.82, 2.24) is 19.7 Å². The molecular formula is C28H21N5O2. The number of aromatic nitrogens is 4. The number of pyridine rings is 1. The minimum Gasteiger partial charge on any atom is -0.497 e. The van der Waals surface area contributed by atoms with Gasteiger partial charge in [-0.15, -0.1) is 10.2 Å². The standard InChI is InChI=1S/C28H21N5O2/c1-35-21-7-4-6-20(17-21)25(34)16-18-11-13-19(14-12-18)27-31-32-28-22-8-2-3-9-23(22)30-26-24(33(27)28)10-5-15-29-26/h2-15,17H,16H2,1H3,(H,29,30). The maximum Gasteiger partial charge on any atom is 0.171 e. The van der Waals surface area contributed by atoms with Crippen LogP contribution in [0, 0.1) is 0 Å². The van der Waals surface area contributed by atoms with Crippen LogP contribution in [0.25, 0.3) is 28.5 Å². The Balaban J connectivity index is 1.36. The van der Waals surface area contributed by atoms with Gasteiger partial charge in [-0.1, -0.05) is 48.5 Å². The highest BCUT2D eigenvalue weighted by molar-refractivity contribution is 5.98. The van der Waals surface area contributed by atoms with Gasteiger partial charge in [-0.05, 0) is 42.0 Å². The predicted molar refractivity (Wildman–Crippen MR) is 134 cm³/mol. The highest BCUT2D eigenvalue weighted by atomic mass is 16.5. The number of ether oxygens (including phenoxy) is 1. The lowest BCUT2D eigenvalue weighted by Gasteiger charge is -2.11. The summed E-state index contributed by atoms with van der Waals surface area (Å²) in [6.45, 7) is 0. The number of ketones is 1. The van der Waals surface area contributed by atoms with E-state index in [1.807, 2.05) is 83.4 Å². The predicted octanol–water partition coefficient (Wildman–Crippen LogP) is 5.49. The van der Waals surface area contributed by atoms with Crippen LogP contribution < -0.4 is 10.1 Å². The summed E-state index contributed by atoms with van der Waals surface area (Å²) in [5, 5.41) is 12.5. The normalized spacial score (nSPS) is 11.5. The fourth-order valence-corrected chi connectivity index (χ4v) is 4.32. The second kappa shape index (κ2) is 8.53. The van der Waals surface area contributed by atoms with Crippen molar-refractivity contribution in [2.45, 2.75) is 6.42 Å². The molecule has 5 aromatic rings. The first-order chi connectivity index (χ1) is 17.2. The third-order valence-corrected chi connectivity index (χ3v) is 6.08. The van der Waals surface area contributed by atoms with E-state index in [1.165, 1.54) is 0 Å². The molecule has 0 saturated carbocycles. The van der Waals surface area contributed by atoms with Crippen LogP contribution in [0.15, 0.2) is 91.1 Å². The van der Waals surface area contributed by atoms with Crippen LogP contribution in [0.3, 0.4) is 0 Å². The van der Waals surface area contributed by atoms with E-state index in [0.717, 1.165) is 39.7 Å². The van der Waals surface area contributed by atoms with Crippen molar-refractivity contribution in [3.8, 4) is 34.2 Å². The van der Waals surface area contributed by atoms with Gasteiger partial charge in [-0.3, -0.25) is 9.36 Å². The zero-order chi connectivity index (χ0) is 23.8. The number of carbonyl (C=O) groups is 1. The van der Waals surface area contributed by atoms with Crippen LogP contribution >= 0.6 is 0 Å². The van der Waals surface area contributed by atoms with Crippen molar-refractivity contribution in [3.05, 3.63) is 102 Å². The largest absolute Gasteiger partial charge is 0.497 e. The van der Waals surface area contributed by atoms with E-state index >= 15 is 0 Å². The van der Waals surface area contributed by atoms with E-state index in [2.05, 4.69) is 20.5 Å². The number of hydrogen-bond donors (Lipinski definition) is 1. The molecule has 0 aliphatic carbocycles. The van der Waals surface area contributed by atoms with E-state index in [9.17, 15) is 4.79 Å². The smallest absolute Gasteiger partial charge is 0.171 e. The monoisotopic (exact) mass is 459 g/mol. The molecule has 0 amide bonds. The summed E-state index contributed by atoms with van der Waals surface area (Å²) >= 11 is 0. The zero-order valence-corrected chi connectivity index (χ0v) is 19.0. The molecule has 0 atom stereocenters. The molecule has 7 nitrogen and oxygen atoms in total. The molecule has 1 aliphatic heterocycles. The number of methoxy groups -OCH3 is 1. The molecule has 0 bridgehead atoms. The fourth-order valence-electron chi connectivity index (χ4n) is 4.32. The first kappa shape index (κ1) is 20.8. The Morgan fingerprint density at radius 2 is 1.74 bits per heavy atom. The van der Waals surface area contributed by atoms with Crippen molar-refractivity contribution in [3.63, 3.8) is 0 Å². The second-order valence-corrected chi connectivity index (χ2v) is 8.25. The van der Waals surface area contributed by atoms with Crippen molar-refractivity contribution in [2.75, 3.05) is 12.4 Å². The molecule has 0 fully saturated rings. The van der Waals surface area contributed by atoms with Gasteiger partial charge in [0.2, 0.25) is 0 Å². The minimum atomic E-state index is 0.0377. The Morgan fingerprint density at radius 1 is 0.914 bits per heavy atom. The summed E-state index contributed by atoms with van der Waals surface area (Å²) in [5.74, 6) is 2.89. The van der Waals surface area contributed by atoms with Gasteiger partial charge in [0.1, 0.15) is 5.75 Å². The summed E-state index contributed by atoms with van der Waals surface area (Å²) in [5.41, 5.74) is 5.20. The Labute approximate surface area is 202 Å². The molecule has 7 heteroatoms. The number of fused-ring (bicyclic) bond motifs is 5. The number of carbonyl (C=O) groups excluding carboxylic acids is 1. The molecule has 1 N–H and O–H groups in total. The quantitative estimate of drug-likeness (QED) is 0.344. The summed E-state index contributed by atoms with van der Waals surface area (Å²) in [4.78, 5) is 17.3. The number of nitrogens with zero attached hydrogens (tertiary/aromatic N) is 4. The number of rotatable bonds is 5. The fraction of sp³-hybridized carbons (Fsp3) is 0.0714. The average molecular weight is 460 g/mol. The number of anilines is 2. The first-order valence-corrected chi connectivity index (χ1v) is 11.2. The van der Waals surface area contributed by atoms with E-state index in [0.29, 0.717) is 23.6 Å². The number of nitrogens with one attached hydrogen (secondary N) is 1. The van der Waals surface area contributed by atoms with Crippen LogP contribution in [-0.2, 0) is 6.42 Å². The number of para-hydroxylation sites is 1. The van der Waals surface area contributed by atoms with Crippen LogP contribution in [0.5, 0.6) is 5.75 Å². The number of benzene rings is 3. The van der Waals surface area contributed by atoms with E-state index < -0.39 is 0 Å². The highest BCUT2D eigenvalue weighted by Gasteiger charge is 2.24. The van der Waals surface area contributed by atoms with Gasteiger partial charge in [-0.2, -0.15) is 0 Å². The number of hydrogen-bond acceptors (Lipinski definition) is 6. The molecule has 2 aromatic heterocycles. The van der Waals surface area contributed by atoms with Gasteiger partial charge in [0.25, 0.3) is 0 Å². The average Bonchev–Trinajstić information content (AvgIpc) is 3.29. The van der Waals surface area contributed by atoms with E-state index in [1.54, 1.807) is 19.4 Å². The summed E-state index contributed by atoms with van der Waals surface area (Å²) in [7, 11) is 1.59. The van der Waals surface area contributed by atoms with Gasteiger partial charge in [0.05, 0.1) is 18.5 Å². The molecule has 35 heavy (non-hydrogen) atoms. The van der Waals surface area contributed by atoms with Crippen molar-refractivity contribution in [2.24, 2.45) is 0 Å². The summed E-state index contributed by atoms with van der Waals surface area (Å²) < 4.78 is 7.26. The summed E-state index contributed by atoms with van der Waals surface area (Å²) in [6, 6.07) is 27.0. The second-order valence-electron chi connectivity index (χ2n) is 8.25. The van der Waals surface area contributed by atoms with Crippen molar-refractivity contribution < 1.29 is 9.53 Å². The molecule has 0 radical (unpaired) electrons.